The van der Waals surface area contributed by atoms with Gasteiger partial charge in [-0.15, -0.1) is 0 Å². The maximum absolute atomic E-state index is 13.6. The molecule has 2 aliphatic rings. The molecule has 1 heterocycles. The van der Waals surface area contributed by atoms with Crippen molar-refractivity contribution >= 4 is 34.2 Å². The molecule has 0 amide bonds. The molecule has 258 valence electrons. The van der Waals surface area contributed by atoms with Gasteiger partial charge in [-0.2, -0.15) is 0 Å². The van der Waals surface area contributed by atoms with E-state index in [1.807, 2.05) is 43.4 Å². The maximum Gasteiger partial charge on any atom is 0.338 e. The topological polar surface area (TPSA) is 99.6 Å². The van der Waals surface area contributed by atoms with Gasteiger partial charge in [-0.25, -0.2) is 9.79 Å². The Labute approximate surface area is 290 Å². The van der Waals surface area contributed by atoms with Crippen molar-refractivity contribution in [2.75, 3.05) is 25.5 Å². The molecule has 0 atom stereocenters. The molecule has 49 heavy (non-hydrogen) atoms. The van der Waals surface area contributed by atoms with Crippen LogP contribution in [-0.2, 0) is 14.3 Å². The Hall–Kier alpha value is -4.78. The number of hydrogen-bond donors (Lipinski definition) is 2. The Morgan fingerprint density at radius 3 is 2.29 bits per heavy atom. The molecule has 2 N–H and O–H groups in total. The summed E-state index contributed by atoms with van der Waals surface area (Å²) < 4.78 is 12.3. The highest BCUT2D eigenvalue weighted by molar-refractivity contribution is 6.09. The number of aryl methyl sites for hydroxylation is 2. The van der Waals surface area contributed by atoms with Crippen molar-refractivity contribution in [1.82, 2.24) is 0 Å². The quantitative estimate of drug-likeness (QED) is 0.0488. The second-order valence-electron chi connectivity index (χ2n) is 12.7. The number of benzene rings is 3. The first-order valence-corrected chi connectivity index (χ1v) is 17.6. The molecule has 0 bridgehead atoms. The van der Waals surface area contributed by atoms with Crippen LogP contribution in [0.25, 0.3) is 33.4 Å². The van der Waals surface area contributed by atoms with Gasteiger partial charge in [0.2, 0.25) is 5.36 Å². The average Bonchev–Trinajstić information content (AvgIpc) is 3.09. The molecule has 0 spiro atoms. The SMILES string of the molecule is C=CC(=O)/C(C)=C\C(=O)CCCCCCCCCCOC(=O)c1ccccc1-c1c2cc(C)c(=[NH+]C)cc-2oc2cc(NCC)c(C)cc12. The van der Waals surface area contributed by atoms with Gasteiger partial charge in [0.25, 0.3) is 0 Å². The number of fused-ring (bicyclic) bond motifs is 2. The summed E-state index contributed by atoms with van der Waals surface area (Å²) in [7, 11) is 1.90. The minimum atomic E-state index is -0.323. The fourth-order valence-corrected chi connectivity index (χ4v) is 6.27. The van der Waals surface area contributed by atoms with Gasteiger partial charge in [0.15, 0.2) is 11.6 Å². The first-order chi connectivity index (χ1) is 23.7. The van der Waals surface area contributed by atoms with E-state index in [9.17, 15) is 14.4 Å². The number of carbonyl (C=O) groups excluding carboxylic acids is 3. The average molecular weight is 664 g/mol. The number of esters is 1. The Kier molecular flexibility index (Phi) is 13.7. The molecule has 2 aromatic rings. The number of rotatable bonds is 18. The van der Waals surface area contributed by atoms with E-state index < -0.39 is 0 Å². The zero-order valence-electron chi connectivity index (χ0n) is 29.8. The van der Waals surface area contributed by atoms with Crippen molar-refractivity contribution in [3.05, 3.63) is 94.9 Å². The van der Waals surface area contributed by atoms with E-state index >= 15 is 0 Å². The fraction of sp³-hybridized carbons (Fsp3) is 0.381. The molecule has 2 aromatic carbocycles. The number of carbonyl (C=O) groups is 3. The highest BCUT2D eigenvalue weighted by Gasteiger charge is 2.24. The molecular weight excluding hydrogens is 612 g/mol. The third-order valence-electron chi connectivity index (χ3n) is 8.97. The molecular formula is C42H51N2O5+. The van der Waals surface area contributed by atoms with E-state index in [0.29, 0.717) is 24.2 Å². The van der Waals surface area contributed by atoms with Crippen LogP contribution >= 0.6 is 0 Å². The van der Waals surface area contributed by atoms with Gasteiger partial charge in [-0.05, 0) is 87.6 Å². The number of hydrogen-bond acceptors (Lipinski definition) is 6. The Balaban J connectivity index is 1.37. The third kappa shape index (κ3) is 9.65. The van der Waals surface area contributed by atoms with Crippen molar-refractivity contribution in [3.8, 4) is 22.5 Å². The minimum absolute atomic E-state index is 0.00212. The van der Waals surface area contributed by atoms with Crippen molar-refractivity contribution in [2.24, 2.45) is 0 Å². The van der Waals surface area contributed by atoms with Gasteiger partial charge in [-0.3, -0.25) is 9.59 Å². The van der Waals surface area contributed by atoms with E-state index in [0.717, 1.165) is 114 Å². The van der Waals surface area contributed by atoms with Crippen LogP contribution in [0.2, 0.25) is 0 Å². The maximum atomic E-state index is 13.6. The normalized spacial score (nSPS) is 12.0. The number of anilines is 1. The molecule has 4 rings (SSSR count). The summed E-state index contributed by atoms with van der Waals surface area (Å²) in [6, 6.07) is 16.0. The summed E-state index contributed by atoms with van der Waals surface area (Å²) in [5.41, 5.74) is 7.66. The zero-order valence-corrected chi connectivity index (χ0v) is 29.8. The number of ether oxygens (including phenoxy) is 1. The lowest BCUT2D eigenvalue weighted by Gasteiger charge is -2.19. The Morgan fingerprint density at radius 1 is 0.898 bits per heavy atom. The standard InChI is InChI=1S/C42H50N2O5/c1-7-38(46)30(5)23-31(45)19-15-13-11-9-10-12-14-18-22-48-42(47)33-21-17-16-20-32(33)41-34-24-28(3)36(43-6)26-39(34)49-40-27-37(44-8-2)29(4)25-35(40)41/h7,16-17,20-21,23-27,44H,1,8-15,18-19,22H2,2-6H3/p+1/b30-23-,43-36?. The number of nitrogens with one attached hydrogen (secondary N) is 2. The Morgan fingerprint density at radius 2 is 1.59 bits per heavy atom. The zero-order chi connectivity index (χ0) is 35.3. The third-order valence-corrected chi connectivity index (χ3v) is 8.97. The van der Waals surface area contributed by atoms with E-state index in [1.54, 1.807) is 6.92 Å². The lowest BCUT2D eigenvalue weighted by Crippen LogP contribution is -2.72. The predicted molar refractivity (Wildman–Crippen MR) is 198 cm³/mol. The minimum Gasteiger partial charge on any atom is -0.462 e. The van der Waals surface area contributed by atoms with Crippen LogP contribution in [-0.4, -0.2) is 37.7 Å². The van der Waals surface area contributed by atoms with E-state index in [-0.39, 0.29) is 17.5 Å². The van der Waals surface area contributed by atoms with Crippen LogP contribution in [0.1, 0.15) is 93.1 Å². The summed E-state index contributed by atoms with van der Waals surface area (Å²) in [4.78, 5) is 40.4. The van der Waals surface area contributed by atoms with Gasteiger partial charge >= 0.3 is 5.97 Å². The van der Waals surface area contributed by atoms with Crippen LogP contribution in [0.5, 0.6) is 0 Å². The largest absolute Gasteiger partial charge is 0.462 e. The molecule has 0 fully saturated rings. The molecule has 1 aliphatic carbocycles. The monoisotopic (exact) mass is 663 g/mol. The van der Waals surface area contributed by atoms with E-state index in [2.05, 4.69) is 49.8 Å². The molecule has 0 saturated carbocycles. The molecule has 0 aromatic heterocycles. The van der Waals surface area contributed by atoms with Crippen LogP contribution in [0.15, 0.2) is 77.3 Å². The van der Waals surface area contributed by atoms with Gasteiger partial charge in [0.05, 0.1) is 18.2 Å². The second kappa shape index (κ2) is 18.1. The van der Waals surface area contributed by atoms with Gasteiger partial charge in [-0.1, -0.05) is 63.3 Å². The molecule has 0 radical (unpaired) electrons. The summed E-state index contributed by atoms with van der Waals surface area (Å²) in [5, 5.41) is 5.37. The van der Waals surface area contributed by atoms with Crippen molar-refractivity contribution in [2.45, 2.75) is 85.5 Å². The lowest BCUT2D eigenvalue weighted by atomic mass is 9.89. The van der Waals surface area contributed by atoms with Crippen LogP contribution in [0, 0.1) is 13.8 Å². The van der Waals surface area contributed by atoms with Gasteiger partial charge in [0.1, 0.15) is 18.4 Å². The number of allylic oxidation sites excluding steroid dienone is 3. The summed E-state index contributed by atoms with van der Waals surface area (Å²) in [5.74, 6) is 0.213. The van der Waals surface area contributed by atoms with Crippen molar-refractivity contribution < 1.29 is 28.5 Å². The van der Waals surface area contributed by atoms with Crippen LogP contribution < -0.4 is 15.7 Å². The number of unbranched alkanes of at least 4 members (excludes halogenated alkanes) is 7. The smallest absolute Gasteiger partial charge is 0.338 e. The second-order valence-corrected chi connectivity index (χ2v) is 12.7. The fourth-order valence-electron chi connectivity index (χ4n) is 6.27. The van der Waals surface area contributed by atoms with Crippen LogP contribution in [0.4, 0.5) is 5.69 Å². The lowest BCUT2D eigenvalue weighted by molar-refractivity contribution is -0.466. The summed E-state index contributed by atoms with van der Waals surface area (Å²) in [6.45, 7) is 12.5. The highest BCUT2D eigenvalue weighted by atomic mass is 16.5. The molecule has 7 heteroatoms. The van der Waals surface area contributed by atoms with E-state index in [1.165, 1.54) is 12.2 Å². The van der Waals surface area contributed by atoms with Gasteiger partial charge in [0, 0.05) is 46.8 Å². The van der Waals surface area contributed by atoms with E-state index in [4.69, 9.17) is 9.15 Å². The van der Waals surface area contributed by atoms with Crippen molar-refractivity contribution in [3.63, 3.8) is 0 Å². The summed E-state index contributed by atoms with van der Waals surface area (Å²) >= 11 is 0. The summed E-state index contributed by atoms with van der Waals surface area (Å²) in [6.07, 6.45) is 11.1. The number of ketones is 2. The van der Waals surface area contributed by atoms with Crippen molar-refractivity contribution in [1.29, 1.82) is 0 Å². The van der Waals surface area contributed by atoms with Crippen LogP contribution in [0.3, 0.4) is 0 Å². The highest BCUT2D eigenvalue weighted by Crippen LogP contribution is 2.43. The molecule has 0 unspecified atom stereocenters. The first kappa shape index (κ1) is 37.0. The Bertz CT molecular complexity index is 1880. The molecule has 7 nitrogen and oxygen atoms in total. The van der Waals surface area contributed by atoms with Gasteiger partial charge < -0.3 is 14.5 Å². The first-order valence-electron chi connectivity index (χ1n) is 17.6. The predicted octanol–water partition coefficient (Wildman–Crippen LogP) is 7.80. The molecule has 0 saturated heterocycles. The molecule has 1 aliphatic heterocycles.